The van der Waals surface area contributed by atoms with Gasteiger partial charge in [-0.05, 0) is 31.3 Å². The summed E-state index contributed by atoms with van der Waals surface area (Å²) < 4.78 is 57.4. The van der Waals surface area contributed by atoms with Crippen molar-refractivity contribution in [2.24, 2.45) is 0 Å². The Kier molecular flexibility index (Phi) is 6.20. The fraction of sp³-hybridized carbons (Fsp3) is 0.238. The van der Waals surface area contributed by atoms with Crippen molar-refractivity contribution in [3.05, 3.63) is 48.4 Å². The Balaban J connectivity index is 1.61. The highest BCUT2D eigenvalue weighted by Gasteiger charge is 2.20. The van der Waals surface area contributed by atoms with Gasteiger partial charge in [-0.2, -0.15) is 4.98 Å². The van der Waals surface area contributed by atoms with Gasteiger partial charge in [0.25, 0.3) is 0 Å². The number of fused-ring (bicyclic) bond motifs is 1. The SMILES string of the molecule is CNS(=O)(=O)c1ccc(Nc2ncc(F)c(N(C)c3ccc4c(c3)OCCO4)n2)cc1OC. The third-order valence-electron chi connectivity index (χ3n) is 4.93. The molecule has 0 aliphatic carbocycles. The van der Waals surface area contributed by atoms with Crippen LogP contribution in [0.15, 0.2) is 47.5 Å². The van der Waals surface area contributed by atoms with Crippen LogP contribution in [0.4, 0.5) is 27.5 Å². The molecule has 174 valence electrons. The maximum Gasteiger partial charge on any atom is 0.243 e. The molecule has 0 amide bonds. The summed E-state index contributed by atoms with van der Waals surface area (Å²) in [5.41, 5.74) is 1.10. The van der Waals surface area contributed by atoms with Gasteiger partial charge in [0.15, 0.2) is 23.1 Å². The summed E-state index contributed by atoms with van der Waals surface area (Å²) in [5, 5.41) is 2.94. The number of sulfonamides is 1. The zero-order chi connectivity index (χ0) is 23.6. The van der Waals surface area contributed by atoms with Crippen molar-refractivity contribution >= 4 is 33.2 Å². The molecule has 0 radical (unpaired) electrons. The minimum absolute atomic E-state index is 0.0166. The standard InChI is InChI=1S/C21H22FN5O5S/c1-23-33(28,29)19-7-4-13(10-18(19)30-3)25-21-24-12-15(22)20(26-21)27(2)14-5-6-16-17(11-14)32-9-8-31-16/h4-7,10-12,23H,8-9H2,1-3H3,(H,24,25,26). The number of aromatic nitrogens is 2. The van der Waals surface area contributed by atoms with E-state index in [2.05, 4.69) is 20.0 Å². The summed E-state index contributed by atoms with van der Waals surface area (Å²) in [5.74, 6) is 0.854. The smallest absolute Gasteiger partial charge is 0.243 e. The van der Waals surface area contributed by atoms with Crippen LogP contribution >= 0.6 is 0 Å². The van der Waals surface area contributed by atoms with Crippen LogP contribution in [0.1, 0.15) is 0 Å². The highest BCUT2D eigenvalue weighted by Crippen LogP contribution is 2.36. The van der Waals surface area contributed by atoms with Gasteiger partial charge < -0.3 is 24.4 Å². The summed E-state index contributed by atoms with van der Waals surface area (Å²) in [6.07, 6.45) is 1.05. The first kappa shape index (κ1) is 22.6. The van der Waals surface area contributed by atoms with Gasteiger partial charge in [0, 0.05) is 30.6 Å². The van der Waals surface area contributed by atoms with Crippen molar-refractivity contribution in [3.8, 4) is 17.2 Å². The second kappa shape index (κ2) is 9.08. The van der Waals surface area contributed by atoms with Crippen molar-refractivity contribution in [3.63, 3.8) is 0 Å². The molecule has 33 heavy (non-hydrogen) atoms. The molecule has 2 heterocycles. The van der Waals surface area contributed by atoms with Crippen molar-refractivity contribution in [1.82, 2.24) is 14.7 Å². The Bertz CT molecular complexity index is 1290. The van der Waals surface area contributed by atoms with E-state index in [4.69, 9.17) is 14.2 Å². The first-order valence-electron chi connectivity index (χ1n) is 9.87. The molecule has 10 nitrogen and oxygen atoms in total. The number of benzene rings is 2. The molecule has 4 rings (SSSR count). The molecular formula is C21H22FN5O5S. The lowest BCUT2D eigenvalue weighted by Gasteiger charge is -2.23. The van der Waals surface area contributed by atoms with E-state index in [0.29, 0.717) is 36.1 Å². The van der Waals surface area contributed by atoms with Crippen LogP contribution in [0, 0.1) is 5.82 Å². The highest BCUT2D eigenvalue weighted by atomic mass is 32.2. The van der Waals surface area contributed by atoms with Crippen molar-refractivity contribution in [2.45, 2.75) is 4.90 Å². The molecule has 3 aromatic rings. The maximum atomic E-state index is 14.6. The van der Waals surface area contributed by atoms with E-state index in [1.807, 2.05) is 0 Å². The Morgan fingerprint density at radius 3 is 2.61 bits per heavy atom. The number of anilines is 4. The van der Waals surface area contributed by atoms with Crippen LogP contribution in [0.5, 0.6) is 17.2 Å². The lowest BCUT2D eigenvalue weighted by Crippen LogP contribution is -2.19. The minimum Gasteiger partial charge on any atom is -0.495 e. The van der Waals surface area contributed by atoms with Crippen LogP contribution in [0.3, 0.4) is 0 Å². The predicted molar refractivity (Wildman–Crippen MR) is 120 cm³/mol. The molecule has 2 aromatic carbocycles. The predicted octanol–water partition coefficient (Wildman–Crippen LogP) is 2.82. The van der Waals surface area contributed by atoms with Gasteiger partial charge in [-0.3, -0.25) is 0 Å². The average Bonchev–Trinajstić information content (AvgIpc) is 2.84. The largest absolute Gasteiger partial charge is 0.495 e. The number of hydrogen-bond acceptors (Lipinski definition) is 9. The van der Waals surface area contributed by atoms with Crippen LogP contribution in [-0.2, 0) is 10.0 Å². The number of nitrogens with one attached hydrogen (secondary N) is 2. The maximum absolute atomic E-state index is 14.6. The lowest BCUT2D eigenvalue weighted by atomic mass is 10.2. The van der Waals surface area contributed by atoms with E-state index in [1.165, 1.54) is 32.4 Å². The van der Waals surface area contributed by atoms with E-state index in [-0.39, 0.29) is 22.4 Å². The van der Waals surface area contributed by atoms with E-state index in [1.54, 1.807) is 30.1 Å². The molecule has 1 aromatic heterocycles. The van der Waals surface area contributed by atoms with Gasteiger partial charge in [0.2, 0.25) is 16.0 Å². The molecule has 0 bridgehead atoms. The van der Waals surface area contributed by atoms with Gasteiger partial charge in [-0.1, -0.05) is 0 Å². The monoisotopic (exact) mass is 475 g/mol. The number of halogens is 1. The van der Waals surface area contributed by atoms with E-state index in [9.17, 15) is 12.8 Å². The third kappa shape index (κ3) is 4.61. The number of ether oxygens (including phenoxy) is 3. The summed E-state index contributed by atoms with van der Waals surface area (Å²) >= 11 is 0. The highest BCUT2D eigenvalue weighted by molar-refractivity contribution is 7.89. The normalized spacial score (nSPS) is 12.8. The molecule has 0 atom stereocenters. The Morgan fingerprint density at radius 2 is 1.88 bits per heavy atom. The molecular weight excluding hydrogens is 453 g/mol. The molecule has 2 N–H and O–H groups in total. The van der Waals surface area contributed by atoms with E-state index < -0.39 is 15.8 Å². The van der Waals surface area contributed by atoms with Crippen LogP contribution in [0.2, 0.25) is 0 Å². The van der Waals surface area contributed by atoms with Gasteiger partial charge in [-0.15, -0.1) is 0 Å². The quantitative estimate of drug-likeness (QED) is 0.532. The first-order chi connectivity index (χ1) is 15.8. The Morgan fingerprint density at radius 1 is 1.12 bits per heavy atom. The second-order valence-corrected chi connectivity index (χ2v) is 8.81. The lowest BCUT2D eigenvalue weighted by molar-refractivity contribution is 0.171. The fourth-order valence-electron chi connectivity index (χ4n) is 3.22. The van der Waals surface area contributed by atoms with Crippen molar-refractivity contribution in [1.29, 1.82) is 0 Å². The summed E-state index contributed by atoms with van der Waals surface area (Å²) in [7, 11) is 0.643. The summed E-state index contributed by atoms with van der Waals surface area (Å²) in [6.45, 7) is 0.915. The van der Waals surface area contributed by atoms with Crippen molar-refractivity contribution in [2.75, 3.05) is 44.6 Å². The molecule has 0 spiro atoms. The van der Waals surface area contributed by atoms with Crippen LogP contribution in [0.25, 0.3) is 0 Å². The number of methoxy groups -OCH3 is 1. The summed E-state index contributed by atoms with van der Waals surface area (Å²) in [6, 6.07) is 9.68. The first-order valence-corrected chi connectivity index (χ1v) is 11.3. The van der Waals surface area contributed by atoms with Crippen LogP contribution < -0.4 is 29.1 Å². The van der Waals surface area contributed by atoms with Gasteiger partial charge in [-0.25, -0.2) is 22.5 Å². The molecule has 0 saturated carbocycles. The molecule has 0 unspecified atom stereocenters. The number of hydrogen-bond donors (Lipinski definition) is 2. The minimum atomic E-state index is -3.70. The van der Waals surface area contributed by atoms with E-state index in [0.717, 1.165) is 6.20 Å². The van der Waals surface area contributed by atoms with Crippen molar-refractivity contribution < 1.29 is 27.0 Å². The topological polar surface area (TPSA) is 115 Å². The van der Waals surface area contributed by atoms with Gasteiger partial charge >= 0.3 is 0 Å². The number of nitrogens with zero attached hydrogens (tertiary/aromatic N) is 3. The zero-order valence-corrected chi connectivity index (χ0v) is 18.9. The molecule has 1 aliphatic heterocycles. The average molecular weight is 476 g/mol. The van der Waals surface area contributed by atoms with E-state index >= 15 is 0 Å². The van der Waals surface area contributed by atoms with Gasteiger partial charge in [0.1, 0.15) is 23.9 Å². The molecule has 1 aliphatic rings. The third-order valence-corrected chi connectivity index (χ3v) is 6.39. The molecule has 0 fully saturated rings. The molecule has 0 saturated heterocycles. The van der Waals surface area contributed by atoms with Crippen LogP contribution in [-0.4, -0.2) is 52.8 Å². The number of rotatable bonds is 7. The Hall–Kier alpha value is -3.64. The van der Waals surface area contributed by atoms with Gasteiger partial charge in [0.05, 0.1) is 13.3 Å². The Labute approximate surface area is 190 Å². The summed E-state index contributed by atoms with van der Waals surface area (Å²) in [4.78, 5) is 9.81. The molecule has 12 heteroatoms. The second-order valence-electron chi connectivity index (χ2n) is 6.95. The zero-order valence-electron chi connectivity index (χ0n) is 18.1. The fourth-order valence-corrected chi connectivity index (χ4v) is 4.10.